The van der Waals surface area contributed by atoms with Crippen LogP contribution >= 0.6 is 0 Å². The summed E-state index contributed by atoms with van der Waals surface area (Å²) in [6, 6.07) is 0. The minimum atomic E-state index is -0.392. The fourth-order valence-electron chi connectivity index (χ4n) is 5.05. The fraction of sp³-hybridized carbons (Fsp3) is 0.769. The number of nitro groups is 1. The van der Waals surface area contributed by atoms with Gasteiger partial charge in [0.1, 0.15) is 6.20 Å². The van der Waals surface area contributed by atoms with Crippen LogP contribution in [-0.2, 0) is 5.54 Å². The molecule has 0 unspecified atom stereocenters. The summed E-state index contributed by atoms with van der Waals surface area (Å²) in [7, 11) is 0. The first-order valence-corrected chi connectivity index (χ1v) is 6.83. The van der Waals surface area contributed by atoms with Gasteiger partial charge in [-0.2, -0.15) is 0 Å². The number of imidazole rings is 1. The first kappa shape index (κ1) is 10.5. The molecule has 0 aromatic carbocycles. The van der Waals surface area contributed by atoms with E-state index >= 15 is 0 Å². The van der Waals surface area contributed by atoms with Gasteiger partial charge in [-0.15, -0.1) is 0 Å². The molecular weight excluding hydrogens is 230 g/mol. The average molecular weight is 247 g/mol. The van der Waals surface area contributed by atoms with Gasteiger partial charge >= 0.3 is 5.82 Å². The lowest BCUT2D eigenvalue weighted by molar-refractivity contribution is -0.389. The van der Waals surface area contributed by atoms with E-state index in [0.717, 1.165) is 17.8 Å². The van der Waals surface area contributed by atoms with Crippen LogP contribution in [0.3, 0.4) is 0 Å². The summed E-state index contributed by atoms with van der Waals surface area (Å²) in [5.74, 6) is 2.53. The summed E-state index contributed by atoms with van der Waals surface area (Å²) in [6.07, 6.45) is 11.1. The number of nitrogens with zero attached hydrogens (tertiary/aromatic N) is 3. The van der Waals surface area contributed by atoms with Gasteiger partial charge in [0.2, 0.25) is 6.33 Å². The second-order valence-electron chi connectivity index (χ2n) is 6.54. The molecule has 18 heavy (non-hydrogen) atoms. The van der Waals surface area contributed by atoms with Gasteiger partial charge in [0, 0.05) is 5.54 Å². The Morgan fingerprint density at radius 3 is 2.22 bits per heavy atom. The molecule has 96 valence electrons. The van der Waals surface area contributed by atoms with Gasteiger partial charge in [0.15, 0.2) is 0 Å². The van der Waals surface area contributed by atoms with E-state index in [9.17, 15) is 10.1 Å². The Labute approximate surface area is 105 Å². The second-order valence-corrected chi connectivity index (χ2v) is 6.54. The molecule has 0 atom stereocenters. The van der Waals surface area contributed by atoms with Crippen molar-refractivity contribution in [3.8, 4) is 0 Å². The van der Waals surface area contributed by atoms with E-state index in [1.54, 1.807) is 12.5 Å². The predicted molar refractivity (Wildman–Crippen MR) is 65.0 cm³/mol. The number of hydrogen-bond acceptors (Lipinski definition) is 3. The quantitative estimate of drug-likeness (QED) is 0.596. The third-order valence-corrected chi connectivity index (χ3v) is 5.31. The third-order valence-electron chi connectivity index (χ3n) is 5.31. The molecule has 1 aromatic rings. The third kappa shape index (κ3) is 1.36. The molecule has 4 aliphatic rings. The Hall–Kier alpha value is -1.39. The summed E-state index contributed by atoms with van der Waals surface area (Å²) in [6.45, 7) is 0. The van der Waals surface area contributed by atoms with Crippen LogP contribution in [0.2, 0.25) is 0 Å². The SMILES string of the molecule is O=[N+]([O-])c1cn(C23CC4CC(CC(C4)C2)C3)cn1. The lowest BCUT2D eigenvalue weighted by atomic mass is 9.53. The van der Waals surface area contributed by atoms with Crippen molar-refractivity contribution in [2.75, 3.05) is 0 Å². The second kappa shape index (κ2) is 3.33. The van der Waals surface area contributed by atoms with Gasteiger partial charge in [0.25, 0.3) is 0 Å². The van der Waals surface area contributed by atoms with Crippen LogP contribution in [0.15, 0.2) is 12.5 Å². The molecule has 5 rings (SSSR count). The molecule has 1 heterocycles. The van der Waals surface area contributed by atoms with E-state index in [0.29, 0.717) is 0 Å². The molecule has 0 radical (unpaired) electrons. The van der Waals surface area contributed by atoms with Gasteiger partial charge in [-0.3, -0.25) is 0 Å². The molecule has 0 aliphatic heterocycles. The number of hydrogen-bond donors (Lipinski definition) is 0. The molecular formula is C13H17N3O2. The minimum absolute atomic E-state index is 0.00857. The predicted octanol–water partition coefficient (Wildman–Crippen LogP) is 2.72. The summed E-state index contributed by atoms with van der Waals surface area (Å²) in [4.78, 5) is 14.3. The van der Waals surface area contributed by atoms with Gasteiger partial charge < -0.3 is 14.7 Å². The van der Waals surface area contributed by atoms with Crippen molar-refractivity contribution in [1.29, 1.82) is 0 Å². The molecule has 5 heteroatoms. The van der Waals surface area contributed by atoms with E-state index in [2.05, 4.69) is 9.55 Å². The molecule has 5 nitrogen and oxygen atoms in total. The Morgan fingerprint density at radius 2 is 1.78 bits per heavy atom. The Balaban J connectivity index is 1.72. The molecule has 4 saturated carbocycles. The number of rotatable bonds is 2. The number of aromatic nitrogens is 2. The summed E-state index contributed by atoms with van der Waals surface area (Å²) < 4.78 is 2.07. The van der Waals surface area contributed by atoms with Crippen molar-refractivity contribution in [2.24, 2.45) is 17.8 Å². The van der Waals surface area contributed by atoms with Crippen LogP contribution in [0.1, 0.15) is 38.5 Å². The van der Waals surface area contributed by atoms with Gasteiger partial charge in [0.05, 0.1) is 0 Å². The zero-order chi connectivity index (χ0) is 12.3. The first-order chi connectivity index (χ1) is 8.64. The Morgan fingerprint density at radius 1 is 1.22 bits per heavy atom. The summed E-state index contributed by atoms with van der Waals surface area (Å²) in [5, 5.41) is 10.8. The van der Waals surface area contributed by atoms with Crippen LogP contribution in [0.4, 0.5) is 5.82 Å². The van der Waals surface area contributed by atoms with Gasteiger partial charge in [-0.05, 0) is 66.2 Å². The Bertz CT molecular complexity index is 473. The molecule has 4 bridgehead atoms. The summed E-state index contributed by atoms with van der Waals surface area (Å²) in [5.41, 5.74) is 0.149. The Kier molecular flexibility index (Phi) is 1.95. The normalized spacial score (nSPS) is 41.2. The molecule has 4 aliphatic carbocycles. The highest BCUT2D eigenvalue weighted by Crippen LogP contribution is 2.58. The van der Waals surface area contributed by atoms with Crippen LogP contribution in [0, 0.1) is 27.9 Å². The fourth-order valence-corrected chi connectivity index (χ4v) is 5.05. The zero-order valence-electron chi connectivity index (χ0n) is 10.3. The molecule has 0 saturated heterocycles. The minimum Gasteiger partial charge on any atom is -0.358 e. The van der Waals surface area contributed by atoms with Gasteiger partial charge in [-0.25, -0.2) is 0 Å². The topological polar surface area (TPSA) is 61.0 Å². The maximum atomic E-state index is 10.8. The molecule has 0 spiro atoms. The highest BCUT2D eigenvalue weighted by atomic mass is 16.6. The van der Waals surface area contributed by atoms with E-state index in [-0.39, 0.29) is 11.4 Å². The maximum Gasteiger partial charge on any atom is 0.381 e. The van der Waals surface area contributed by atoms with Crippen molar-refractivity contribution in [3.63, 3.8) is 0 Å². The van der Waals surface area contributed by atoms with Crippen molar-refractivity contribution in [3.05, 3.63) is 22.6 Å². The van der Waals surface area contributed by atoms with E-state index in [1.807, 2.05) is 0 Å². The van der Waals surface area contributed by atoms with E-state index in [1.165, 1.54) is 38.5 Å². The van der Waals surface area contributed by atoms with E-state index in [4.69, 9.17) is 0 Å². The highest BCUT2D eigenvalue weighted by Gasteiger charge is 2.52. The smallest absolute Gasteiger partial charge is 0.358 e. The lowest BCUT2D eigenvalue weighted by Gasteiger charge is -2.56. The van der Waals surface area contributed by atoms with Crippen molar-refractivity contribution in [1.82, 2.24) is 9.55 Å². The summed E-state index contributed by atoms with van der Waals surface area (Å²) >= 11 is 0. The zero-order valence-corrected chi connectivity index (χ0v) is 10.3. The molecule has 0 N–H and O–H groups in total. The monoisotopic (exact) mass is 247 g/mol. The lowest BCUT2D eigenvalue weighted by Crippen LogP contribution is -2.51. The van der Waals surface area contributed by atoms with Gasteiger partial charge in [-0.1, -0.05) is 0 Å². The largest absolute Gasteiger partial charge is 0.381 e. The highest BCUT2D eigenvalue weighted by molar-refractivity contribution is 5.16. The van der Waals surface area contributed by atoms with Crippen LogP contribution < -0.4 is 0 Å². The molecule has 4 fully saturated rings. The molecule has 1 aromatic heterocycles. The van der Waals surface area contributed by atoms with Crippen molar-refractivity contribution in [2.45, 2.75) is 44.1 Å². The first-order valence-electron chi connectivity index (χ1n) is 6.83. The van der Waals surface area contributed by atoms with Crippen LogP contribution in [0.25, 0.3) is 0 Å². The molecule has 0 amide bonds. The maximum absolute atomic E-state index is 10.8. The standard InChI is InChI=1S/C13H17N3O2/c17-16(18)12-7-15(8-14-12)13-4-9-1-10(5-13)3-11(2-9)6-13/h7-11H,1-6H2. The van der Waals surface area contributed by atoms with E-state index < -0.39 is 4.92 Å². The van der Waals surface area contributed by atoms with Crippen molar-refractivity contribution < 1.29 is 4.92 Å². The average Bonchev–Trinajstić information content (AvgIpc) is 2.76. The van der Waals surface area contributed by atoms with Crippen LogP contribution in [0.5, 0.6) is 0 Å². The van der Waals surface area contributed by atoms with Crippen molar-refractivity contribution >= 4 is 5.82 Å². The van der Waals surface area contributed by atoms with Crippen LogP contribution in [-0.4, -0.2) is 14.5 Å².